The fraction of sp³-hybridized carbons (Fsp3) is 0.250. The number of carbonyl (C=O) groups excluding carboxylic acids is 2. The normalized spacial score (nSPS) is 10.1. The first kappa shape index (κ1) is 20.0. The van der Waals surface area contributed by atoms with Crippen LogP contribution in [0.2, 0.25) is 0 Å². The van der Waals surface area contributed by atoms with Crippen LogP contribution < -0.4 is 5.73 Å². The second-order valence-electron chi connectivity index (χ2n) is 6.04. The average molecular weight is 369 g/mol. The quantitative estimate of drug-likeness (QED) is 0.530. The molecule has 0 aliphatic carbocycles. The minimum absolute atomic E-state index is 0.348. The van der Waals surface area contributed by atoms with Crippen molar-refractivity contribution in [3.05, 3.63) is 58.3 Å². The number of anilines is 1. The Morgan fingerprint density at radius 3 is 2.11 bits per heavy atom. The summed E-state index contributed by atoms with van der Waals surface area (Å²) in [6.07, 6.45) is 1.71. The molecule has 1 aromatic heterocycles. The second kappa shape index (κ2) is 8.35. The number of methoxy groups -OCH3 is 2. The van der Waals surface area contributed by atoms with Crippen molar-refractivity contribution in [3.63, 3.8) is 0 Å². The molecule has 1 heterocycles. The molecule has 0 radical (unpaired) electrons. The highest BCUT2D eigenvalue weighted by Crippen LogP contribution is 2.21. The highest BCUT2D eigenvalue weighted by atomic mass is 16.5. The molecule has 7 nitrogen and oxygen atoms in total. The van der Waals surface area contributed by atoms with Crippen molar-refractivity contribution >= 4 is 28.5 Å². The van der Waals surface area contributed by atoms with Crippen molar-refractivity contribution in [1.29, 1.82) is 0 Å². The van der Waals surface area contributed by atoms with E-state index < -0.39 is 0 Å². The lowest BCUT2D eigenvalue weighted by atomic mass is 10.0. The Hall–Kier alpha value is -3.35. The third-order valence-electron chi connectivity index (χ3n) is 4.43. The minimum Gasteiger partial charge on any atom is -0.465 e. The molecule has 7 heteroatoms. The largest absolute Gasteiger partial charge is 0.465 e. The van der Waals surface area contributed by atoms with E-state index in [1.807, 2.05) is 32.9 Å². The van der Waals surface area contributed by atoms with Gasteiger partial charge in [0.25, 0.3) is 0 Å². The predicted molar refractivity (Wildman–Crippen MR) is 104 cm³/mol. The maximum absolute atomic E-state index is 11.4. The van der Waals surface area contributed by atoms with Gasteiger partial charge in [-0.15, -0.1) is 0 Å². The first-order chi connectivity index (χ1) is 12.8. The molecule has 3 N–H and O–H groups in total. The van der Waals surface area contributed by atoms with Crippen LogP contribution in [0.15, 0.2) is 30.5 Å². The molecule has 142 valence electrons. The van der Waals surface area contributed by atoms with E-state index in [9.17, 15) is 9.59 Å². The first-order valence-electron chi connectivity index (χ1n) is 8.26. The molecule has 0 unspecified atom stereocenters. The number of carbonyl (C=O) groups is 2. The van der Waals surface area contributed by atoms with E-state index in [0.29, 0.717) is 16.8 Å². The summed E-state index contributed by atoms with van der Waals surface area (Å²) in [5.74, 6) is -0.736. The van der Waals surface area contributed by atoms with E-state index in [0.717, 1.165) is 27.6 Å². The van der Waals surface area contributed by atoms with Gasteiger partial charge < -0.3 is 15.2 Å². The van der Waals surface area contributed by atoms with Gasteiger partial charge in [-0.05, 0) is 49.6 Å². The van der Waals surface area contributed by atoms with Crippen LogP contribution in [0.25, 0.3) is 10.9 Å². The summed E-state index contributed by atoms with van der Waals surface area (Å²) < 4.78 is 9.26. The maximum atomic E-state index is 11.4. The lowest BCUT2D eigenvalue weighted by Gasteiger charge is -2.08. The van der Waals surface area contributed by atoms with Gasteiger partial charge in [-0.2, -0.15) is 5.10 Å². The van der Waals surface area contributed by atoms with Gasteiger partial charge in [-0.25, -0.2) is 9.59 Å². The molecule has 0 spiro atoms. The van der Waals surface area contributed by atoms with E-state index in [-0.39, 0.29) is 11.9 Å². The SMILES string of the molecule is COC(=O)c1ccc(C)c(C)c1N.COC(=O)c1ccc(C)c2cn[nH]c12. The summed E-state index contributed by atoms with van der Waals surface area (Å²) in [6, 6.07) is 7.16. The number of nitrogens with zero attached hydrogens (tertiary/aromatic N) is 1. The van der Waals surface area contributed by atoms with Crippen LogP contribution in [-0.4, -0.2) is 36.4 Å². The number of nitrogens with one attached hydrogen (secondary N) is 1. The highest BCUT2D eigenvalue weighted by molar-refractivity contribution is 6.03. The molecule has 0 aliphatic rings. The molecule has 0 saturated carbocycles. The molecule has 2 aromatic carbocycles. The lowest BCUT2D eigenvalue weighted by molar-refractivity contribution is 0.0593. The zero-order chi connectivity index (χ0) is 20.1. The molecule has 0 amide bonds. The molecular formula is C20H23N3O4. The van der Waals surface area contributed by atoms with Crippen LogP contribution in [0.1, 0.15) is 37.4 Å². The summed E-state index contributed by atoms with van der Waals surface area (Å²) >= 11 is 0. The number of esters is 2. The van der Waals surface area contributed by atoms with Crippen LogP contribution in [0.3, 0.4) is 0 Å². The first-order valence-corrected chi connectivity index (χ1v) is 8.26. The third kappa shape index (κ3) is 4.08. The van der Waals surface area contributed by atoms with Crippen LogP contribution in [0.4, 0.5) is 5.69 Å². The van der Waals surface area contributed by atoms with Gasteiger partial charge in [0.1, 0.15) is 0 Å². The Morgan fingerprint density at radius 1 is 0.926 bits per heavy atom. The van der Waals surface area contributed by atoms with E-state index >= 15 is 0 Å². The Kier molecular flexibility index (Phi) is 6.18. The topological polar surface area (TPSA) is 107 Å². The van der Waals surface area contributed by atoms with Crippen molar-refractivity contribution in [2.45, 2.75) is 20.8 Å². The Morgan fingerprint density at radius 2 is 1.48 bits per heavy atom. The van der Waals surface area contributed by atoms with Gasteiger partial charge >= 0.3 is 11.9 Å². The number of nitrogen functional groups attached to an aromatic ring is 1. The minimum atomic E-state index is -0.388. The number of benzene rings is 2. The number of aryl methyl sites for hydroxylation is 2. The standard InChI is InChI=1S/C10H10N2O2.C10H13NO2/c1-6-3-4-7(10(13)14-2)9-8(6)5-11-12-9;1-6-4-5-8(10(12)13-3)9(11)7(6)2/h3-5H,1-2H3,(H,11,12);4-5H,11H2,1-3H3. The highest BCUT2D eigenvalue weighted by Gasteiger charge is 2.13. The average Bonchev–Trinajstić information content (AvgIpc) is 3.16. The van der Waals surface area contributed by atoms with Gasteiger partial charge in [0.2, 0.25) is 0 Å². The number of aromatic amines is 1. The van der Waals surface area contributed by atoms with Crippen molar-refractivity contribution in [1.82, 2.24) is 10.2 Å². The van der Waals surface area contributed by atoms with Crippen molar-refractivity contribution in [3.8, 4) is 0 Å². The van der Waals surface area contributed by atoms with E-state index in [1.54, 1.807) is 18.3 Å². The second-order valence-corrected chi connectivity index (χ2v) is 6.04. The molecular weight excluding hydrogens is 346 g/mol. The fourth-order valence-electron chi connectivity index (χ4n) is 2.58. The third-order valence-corrected chi connectivity index (χ3v) is 4.43. The summed E-state index contributed by atoms with van der Waals surface area (Å²) in [5, 5.41) is 7.65. The lowest BCUT2D eigenvalue weighted by Crippen LogP contribution is -2.07. The molecule has 3 aromatic rings. The summed E-state index contributed by atoms with van der Waals surface area (Å²) in [6.45, 7) is 5.81. The molecule has 0 atom stereocenters. The molecule has 0 fully saturated rings. The van der Waals surface area contributed by atoms with Gasteiger partial charge in [-0.3, -0.25) is 5.10 Å². The number of rotatable bonds is 2. The number of hydrogen-bond donors (Lipinski definition) is 2. The van der Waals surface area contributed by atoms with E-state index in [4.69, 9.17) is 5.73 Å². The zero-order valence-corrected chi connectivity index (χ0v) is 16.0. The number of ether oxygens (including phenoxy) is 2. The fourth-order valence-corrected chi connectivity index (χ4v) is 2.58. The summed E-state index contributed by atoms with van der Waals surface area (Å²) in [4.78, 5) is 22.6. The number of fused-ring (bicyclic) bond motifs is 1. The van der Waals surface area contributed by atoms with Crippen LogP contribution in [-0.2, 0) is 9.47 Å². The van der Waals surface area contributed by atoms with Crippen LogP contribution >= 0.6 is 0 Å². The van der Waals surface area contributed by atoms with Gasteiger partial charge in [0.15, 0.2) is 0 Å². The van der Waals surface area contributed by atoms with Crippen LogP contribution in [0, 0.1) is 20.8 Å². The van der Waals surface area contributed by atoms with Crippen molar-refractivity contribution < 1.29 is 19.1 Å². The molecule has 0 bridgehead atoms. The summed E-state index contributed by atoms with van der Waals surface area (Å²) in [5.41, 5.74) is 11.0. The smallest absolute Gasteiger partial charge is 0.340 e. The molecule has 0 saturated heterocycles. The molecule has 0 aliphatic heterocycles. The Bertz CT molecular complexity index is 992. The number of aromatic nitrogens is 2. The Balaban J connectivity index is 0.000000194. The molecule has 27 heavy (non-hydrogen) atoms. The molecule has 3 rings (SSSR count). The van der Waals surface area contributed by atoms with E-state index in [2.05, 4.69) is 19.7 Å². The van der Waals surface area contributed by atoms with Crippen LogP contribution in [0.5, 0.6) is 0 Å². The number of H-pyrrole nitrogens is 1. The van der Waals surface area contributed by atoms with Crippen molar-refractivity contribution in [2.24, 2.45) is 0 Å². The van der Waals surface area contributed by atoms with Crippen molar-refractivity contribution in [2.75, 3.05) is 20.0 Å². The van der Waals surface area contributed by atoms with Gasteiger partial charge in [0, 0.05) is 11.1 Å². The number of nitrogens with two attached hydrogens (primary N) is 1. The van der Waals surface area contributed by atoms with E-state index in [1.165, 1.54) is 14.2 Å². The Labute approximate surface area is 157 Å². The number of hydrogen-bond acceptors (Lipinski definition) is 6. The van der Waals surface area contributed by atoms with Gasteiger partial charge in [0.05, 0.1) is 37.1 Å². The van der Waals surface area contributed by atoms with Gasteiger partial charge in [-0.1, -0.05) is 12.1 Å². The predicted octanol–water partition coefficient (Wildman–Crippen LogP) is 3.33. The monoisotopic (exact) mass is 369 g/mol. The maximum Gasteiger partial charge on any atom is 0.340 e. The summed E-state index contributed by atoms with van der Waals surface area (Å²) in [7, 11) is 2.71. The zero-order valence-electron chi connectivity index (χ0n) is 16.0.